The van der Waals surface area contributed by atoms with Gasteiger partial charge in [-0.15, -0.1) is 0 Å². The molecular weight excluding hydrogens is 160 g/mol. The van der Waals surface area contributed by atoms with Gasteiger partial charge in [-0.3, -0.25) is 0 Å². The van der Waals surface area contributed by atoms with Crippen molar-refractivity contribution >= 4 is 6.01 Å². The number of anilines is 1. The van der Waals surface area contributed by atoms with Crippen molar-refractivity contribution < 1.29 is 9.26 Å². The molecule has 1 aliphatic heterocycles. The van der Waals surface area contributed by atoms with Crippen LogP contribution in [0.25, 0.3) is 0 Å². The topological polar surface area (TPSA) is 86.2 Å². The Labute approximate surface area is 69.1 Å². The standard InChI is InChI=1S/C6H10N4O2/c7-6-9-5(10-12-6)4-3-8-1-2-11-4/h4,8H,1-3H2,(H2,7,9,10). The number of rotatable bonds is 1. The zero-order valence-electron chi connectivity index (χ0n) is 6.49. The summed E-state index contributed by atoms with van der Waals surface area (Å²) in [5.74, 6) is 0.514. The lowest BCUT2D eigenvalue weighted by molar-refractivity contribution is 0.0208. The highest BCUT2D eigenvalue weighted by Crippen LogP contribution is 2.15. The van der Waals surface area contributed by atoms with Crippen molar-refractivity contribution in [3.05, 3.63) is 5.82 Å². The fourth-order valence-electron chi connectivity index (χ4n) is 1.11. The van der Waals surface area contributed by atoms with Gasteiger partial charge < -0.3 is 20.3 Å². The molecule has 1 aliphatic rings. The minimum Gasteiger partial charge on any atom is -0.367 e. The van der Waals surface area contributed by atoms with Crippen LogP contribution < -0.4 is 11.1 Å². The molecule has 6 nitrogen and oxygen atoms in total. The molecule has 1 fully saturated rings. The zero-order valence-corrected chi connectivity index (χ0v) is 6.49. The van der Waals surface area contributed by atoms with Crippen LogP contribution in [0.1, 0.15) is 11.9 Å². The first-order valence-corrected chi connectivity index (χ1v) is 3.77. The van der Waals surface area contributed by atoms with Gasteiger partial charge in [0.15, 0.2) is 0 Å². The third kappa shape index (κ3) is 1.39. The van der Waals surface area contributed by atoms with Crippen molar-refractivity contribution in [3.63, 3.8) is 0 Å². The average molecular weight is 170 g/mol. The number of nitrogens with zero attached hydrogens (tertiary/aromatic N) is 2. The summed E-state index contributed by atoms with van der Waals surface area (Å²) >= 11 is 0. The SMILES string of the molecule is Nc1nc(C2CNCCO2)no1. The molecule has 0 radical (unpaired) electrons. The molecule has 0 amide bonds. The van der Waals surface area contributed by atoms with Gasteiger partial charge in [-0.25, -0.2) is 0 Å². The van der Waals surface area contributed by atoms with Crippen LogP contribution in [0.15, 0.2) is 4.52 Å². The summed E-state index contributed by atoms with van der Waals surface area (Å²) in [7, 11) is 0. The van der Waals surface area contributed by atoms with Gasteiger partial charge in [-0.2, -0.15) is 4.98 Å². The minimum atomic E-state index is -0.125. The van der Waals surface area contributed by atoms with Gasteiger partial charge in [-0.05, 0) is 0 Å². The maximum Gasteiger partial charge on any atom is 0.318 e. The van der Waals surface area contributed by atoms with Gasteiger partial charge in [-0.1, -0.05) is 5.16 Å². The second-order valence-electron chi connectivity index (χ2n) is 2.55. The van der Waals surface area contributed by atoms with Gasteiger partial charge in [0.2, 0.25) is 5.82 Å². The Hall–Kier alpha value is -1.14. The van der Waals surface area contributed by atoms with E-state index in [4.69, 9.17) is 10.5 Å². The number of morpholine rings is 1. The molecule has 0 saturated carbocycles. The highest BCUT2D eigenvalue weighted by atomic mass is 16.5. The van der Waals surface area contributed by atoms with E-state index in [0.29, 0.717) is 19.0 Å². The Morgan fingerprint density at radius 1 is 1.58 bits per heavy atom. The van der Waals surface area contributed by atoms with Crippen molar-refractivity contribution in [1.82, 2.24) is 15.5 Å². The van der Waals surface area contributed by atoms with Crippen LogP contribution in [0.3, 0.4) is 0 Å². The Morgan fingerprint density at radius 2 is 2.50 bits per heavy atom. The third-order valence-corrected chi connectivity index (χ3v) is 1.67. The van der Waals surface area contributed by atoms with Crippen LogP contribution >= 0.6 is 0 Å². The molecule has 3 N–H and O–H groups in total. The van der Waals surface area contributed by atoms with E-state index >= 15 is 0 Å². The molecule has 2 heterocycles. The number of ether oxygens (including phenoxy) is 1. The molecule has 1 unspecified atom stereocenters. The maximum atomic E-state index is 5.37. The van der Waals surface area contributed by atoms with Crippen molar-refractivity contribution in [2.45, 2.75) is 6.10 Å². The molecule has 0 spiro atoms. The van der Waals surface area contributed by atoms with Crippen molar-refractivity contribution in [1.29, 1.82) is 0 Å². The van der Waals surface area contributed by atoms with Crippen molar-refractivity contribution in [2.24, 2.45) is 0 Å². The number of nitrogens with two attached hydrogens (primary N) is 1. The zero-order chi connectivity index (χ0) is 8.39. The maximum absolute atomic E-state index is 5.37. The van der Waals surface area contributed by atoms with Gasteiger partial charge in [0, 0.05) is 13.1 Å². The van der Waals surface area contributed by atoms with Crippen LogP contribution in [-0.4, -0.2) is 29.8 Å². The lowest BCUT2D eigenvalue weighted by Crippen LogP contribution is -2.33. The summed E-state index contributed by atoms with van der Waals surface area (Å²) in [5, 5.41) is 6.82. The molecule has 0 bridgehead atoms. The summed E-state index contributed by atoms with van der Waals surface area (Å²) in [6.45, 7) is 2.24. The van der Waals surface area contributed by atoms with E-state index in [1.807, 2.05) is 0 Å². The summed E-state index contributed by atoms with van der Waals surface area (Å²) in [5.41, 5.74) is 5.27. The molecule has 0 aromatic carbocycles. The van der Waals surface area contributed by atoms with E-state index in [2.05, 4.69) is 20.0 Å². The molecule has 12 heavy (non-hydrogen) atoms. The van der Waals surface area contributed by atoms with E-state index in [1.165, 1.54) is 0 Å². The first kappa shape index (κ1) is 7.51. The summed E-state index contributed by atoms with van der Waals surface area (Å²) in [6, 6.07) is 0.0826. The van der Waals surface area contributed by atoms with Crippen LogP contribution in [0, 0.1) is 0 Å². The normalized spacial score (nSPS) is 24.2. The second-order valence-corrected chi connectivity index (χ2v) is 2.55. The van der Waals surface area contributed by atoms with Crippen LogP contribution in [0.5, 0.6) is 0 Å². The fourth-order valence-corrected chi connectivity index (χ4v) is 1.11. The van der Waals surface area contributed by atoms with E-state index < -0.39 is 0 Å². The summed E-state index contributed by atoms with van der Waals surface area (Å²) < 4.78 is 10.0. The van der Waals surface area contributed by atoms with E-state index in [9.17, 15) is 0 Å². The molecule has 1 atom stereocenters. The molecule has 66 valence electrons. The summed E-state index contributed by atoms with van der Waals surface area (Å²) in [4.78, 5) is 3.87. The molecule has 1 aromatic rings. The van der Waals surface area contributed by atoms with Crippen LogP contribution in [0.4, 0.5) is 6.01 Å². The number of nitrogen functional groups attached to an aromatic ring is 1. The minimum absolute atomic E-state index is 0.0826. The highest BCUT2D eigenvalue weighted by molar-refractivity contribution is 5.09. The Balaban J connectivity index is 2.08. The van der Waals surface area contributed by atoms with Crippen LogP contribution in [0.2, 0.25) is 0 Å². The monoisotopic (exact) mass is 170 g/mol. The second kappa shape index (κ2) is 3.08. The van der Waals surface area contributed by atoms with Crippen LogP contribution in [-0.2, 0) is 4.74 Å². The number of hydrogen-bond donors (Lipinski definition) is 2. The van der Waals surface area contributed by atoms with Gasteiger partial charge in [0.05, 0.1) is 6.61 Å². The Morgan fingerprint density at radius 3 is 3.08 bits per heavy atom. The van der Waals surface area contributed by atoms with E-state index in [1.54, 1.807) is 0 Å². The predicted octanol–water partition coefficient (Wildman–Crippen LogP) is -0.687. The molecule has 1 aromatic heterocycles. The largest absolute Gasteiger partial charge is 0.367 e. The Kier molecular flexibility index (Phi) is 1.92. The Bertz CT molecular complexity index is 256. The molecular formula is C6H10N4O2. The van der Waals surface area contributed by atoms with Gasteiger partial charge in [0.25, 0.3) is 0 Å². The first-order chi connectivity index (χ1) is 5.86. The smallest absolute Gasteiger partial charge is 0.318 e. The summed E-state index contributed by atoms with van der Waals surface area (Å²) in [6.07, 6.45) is -0.125. The van der Waals surface area contributed by atoms with E-state index in [-0.39, 0.29) is 12.1 Å². The molecule has 6 heteroatoms. The van der Waals surface area contributed by atoms with Gasteiger partial charge >= 0.3 is 6.01 Å². The lowest BCUT2D eigenvalue weighted by atomic mass is 10.3. The molecule has 0 aliphatic carbocycles. The third-order valence-electron chi connectivity index (χ3n) is 1.67. The average Bonchev–Trinajstić information content (AvgIpc) is 2.54. The number of hydrogen-bond acceptors (Lipinski definition) is 6. The highest BCUT2D eigenvalue weighted by Gasteiger charge is 2.20. The molecule has 2 rings (SSSR count). The van der Waals surface area contributed by atoms with E-state index in [0.717, 1.165) is 6.54 Å². The molecule has 1 saturated heterocycles. The van der Waals surface area contributed by atoms with Crippen molar-refractivity contribution in [3.8, 4) is 0 Å². The van der Waals surface area contributed by atoms with Gasteiger partial charge in [0.1, 0.15) is 6.10 Å². The lowest BCUT2D eigenvalue weighted by Gasteiger charge is -2.20. The fraction of sp³-hybridized carbons (Fsp3) is 0.667. The first-order valence-electron chi connectivity index (χ1n) is 3.77. The number of aromatic nitrogens is 2. The number of nitrogens with one attached hydrogen (secondary N) is 1. The van der Waals surface area contributed by atoms with Crippen molar-refractivity contribution in [2.75, 3.05) is 25.4 Å². The quantitative estimate of drug-likeness (QED) is 0.580. The predicted molar refractivity (Wildman–Crippen MR) is 40.3 cm³/mol.